The molecule has 27 heavy (non-hydrogen) atoms. The van der Waals surface area contributed by atoms with Crippen molar-refractivity contribution in [2.45, 2.75) is 6.18 Å². The molecule has 1 heterocycles. The summed E-state index contributed by atoms with van der Waals surface area (Å²) in [7, 11) is 0. The van der Waals surface area contributed by atoms with Crippen LogP contribution < -0.4 is 15.1 Å². The number of nitrogens with zero attached hydrogens (tertiary/aromatic N) is 1. The van der Waals surface area contributed by atoms with Gasteiger partial charge in [0.05, 0.1) is 31.7 Å². The summed E-state index contributed by atoms with van der Waals surface area (Å²) in [4.78, 5) is 15.5. The van der Waals surface area contributed by atoms with Crippen LogP contribution in [0, 0.1) is 0 Å². The van der Waals surface area contributed by atoms with E-state index in [2.05, 4.69) is 10.2 Å². The van der Waals surface area contributed by atoms with Crippen LogP contribution in [0.4, 0.5) is 24.5 Å². The molecule has 4 nitrogen and oxygen atoms in total. The number of piperazine rings is 1. The molecule has 0 aromatic heterocycles. The topological polar surface area (TPSA) is 36.8 Å². The average Bonchev–Trinajstić information content (AvgIpc) is 2.62. The summed E-state index contributed by atoms with van der Waals surface area (Å²) in [5.74, 6) is -0.291. The highest BCUT2D eigenvalue weighted by Crippen LogP contribution is 2.30. The van der Waals surface area contributed by atoms with Crippen molar-refractivity contribution in [2.24, 2.45) is 0 Å². The minimum Gasteiger partial charge on any atom is -0.360 e. The molecular weight excluding hydrogens is 379 g/mol. The lowest BCUT2D eigenvalue weighted by atomic mass is 10.2. The number of amides is 1. The maximum Gasteiger partial charge on any atom is 0.416 e. The number of alkyl halides is 3. The number of nitrogens with one attached hydrogen (secondary N) is 2. The second-order valence-corrected chi connectivity index (χ2v) is 6.96. The monoisotopic (exact) mass is 398 g/mol. The van der Waals surface area contributed by atoms with E-state index in [1.165, 1.54) is 12.1 Å². The van der Waals surface area contributed by atoms with Crippen LogP contribution in [-0.4, -0.2) is 38.6 Å². The van der Waals surface area contributed by atoms with E-state index < -0.39 is 11.7 Å². The van der Waals surface area contributed by atoms with E-state index in [0.717, 1.165) is 48.9 Å². The first kappa shape index (κ1) is 19.5. The van der Waals surface area contributed by atoms with E-state index in [-0.39, 0.29) is 18.1 Å². The molecule has 1 amide bonds. The normalized spacial score (nSPS) is 15.6. The van der Waals surface area contributed by atoms with Gasteiger partial charge in [-0.15, -0.1) is 0 Å². The van der Waals surface area contributed by atoms with E-state index in [9.17, 15) is 18.0 Å². The van der Waals surface area contributed by atoms with Gasteiger partial charge in [0.15, 0.2) is 6.54 Å². The predicted molar refractivity (Wildman–Crippen MR) is 99.3 cm³/mol. The molecule has 0 spiro atoms. The Morgan fingerprint density at radius 2 is 1.81 bits per heavy atom. The van der Waals surface area contributed by atoms with Gasteiger partial charge in [-0.3, -0.25) is 4.79 Å². The number of quaternary nitrogens is 1. The average molecular weight is 399 g/mol. The van der Waals surface area contributed by atoms with Gasteiger partial charge in [0.1, 0.15) is 0 Å². The molecule has 1 aliphatic rings. The van der Waals surface area contributed by atoms with Crippen LogP contribution in [0.15, 0.2) is 48.5 Å². The van der Waals surface area contributed by atoms with Crippen molar-refractivity contribution in [3.05, 3.63) is 59.1 Å². The summed E-state index contributed by atoms with van der Waals surface area (Å²) in [6.45, 7) is 3.32. The van der Waals surface area contributed by atoms with Crippen LogP contribution in [0.2, 0.25) is 5.02 Å². The molecule has 0 unspecified atom stereocenters. The first-order valence-electron chi connectivity index (χ1n) is 8.62. The molecule has 3 rings (SSSR count). The van der Waals surface area contributed by atoms with E-state index in [1.54, 1.807) is 0 Å². The zero-order chi connectivity index (χ0) is 19.4. The van der Waals surface area contributed by atoms with Crippen LogP contribution in [-0.2, 0) is 11.0 Å². The predicted octanol–water partition coefficient (Wildman–Crippen LogP) is 2.70. The summed E-state index contributed by atoms with van der Waals surface area (Å²) in [5, 5.41) is 3.24. The number of carbonyl (C=O) groups is 1. The van der Waals surface area contributed by atoms with Crippen LogP contribution in [0.3, 0.4) is 0 Å². The quantitative estimate of drug-likeness (QED) is 0.831. The van der Waals surface area contributed by atoms with E-state index >= 15 is 0 Å². The number of benzene rings is 2. The van der Waals surface area contributed by atoms with Crippen LogP contribution in [0.25, 0.3) is 0 Å². The Kier molecular flexibility index (Phi) is 5.92. The minimum absolute atomic E-state index is 0.159. The Morgan fingerprint density at radius 3 is 2.48 bits per heavy atom. The van der Waals surface area contributed by atoms with E-state index in [0.29, 0.717) is 5.02 Å². The fraction of sp³-hybridized carbons (Fsp3) is 0.316. The van der Waals surface area contributed by atoms with Gasteiger partial charge in [-0.25, -0.2) is 0 Å². The van der Waals surface area contributed by atoms with Crippen LogP contribution in [0.1, 0.15) is 5.56 Å². The highest BCUT2D eigenvalue weighted by atomic mass is 35.5. The molecule has 0 radical (unpaired) electrons. The maximum absolute atomic E-state index is 12.7. The summed E-state index contributed by atoms with van der Waals surface area (Å²) in [5.41, 5.74) is 0.435. The zero-order valence-electron chi connectivity index (χ0n) is 14.5. The highest BCUT2D eigenvalue weighted by molar-refractivity contribution is 6.30. The largest absolute Gasteiger partial charge is 0.416 e. The molecule has 144 valence electrons. The van der Waals surface area contributed by atoms with Crippen molar-refractivity contribution < 1.29 is 22.9 Å². The number of anilines is 2. The molecule has 1 fully saturated rings. The number of hydrogen-bond acceptors (Lipinski definition) is 2. The van der Waals surface area contributed by atoms with Crippen molar-refractivity contribution in [2.75, 3.05) is 42.9 Å². The van der Waals surface area contributed by atoms with Gasteiger partial charge in [-0.2, -0.15) is 13.2 Å². The van der Waals surface area contributed by atoms with Crippen molar-refractivity contribution in [1.29, 1.82) is 0 Å². The Morgan fingerprint density at radius 1 is 1.11 bits per heavy atom. The Bertz CT molecular complexity index is 805. The van der Waals surface area contributed by atoms with Gasteiger partial charge in [-0.1, -0.05) is 23.7 Å². The molecular formula is C19H20ClF3N3O+. The Hall–Kier alpha value is -2.25. The van der Waals surface area contributed by atoms with Crippen molar-refractivity contribution >= 4 is 28.9 Å². The lowest BCUT2D eigenvalue weighted by Crippen LogP contribution is -3.15. The molecule has 1 saturated heterocycles. The Labute approximate surface area is 160 Å². The van der Waals surface area contributed by atoms with Crippen LogP contribution in [0.5, 0.6) is 0 Å². The molecule has 0 atom stereocenters. The lowest BCUT2D eigenvalue weighted by molar-refractivity contribution is -0.892. The summed E-state index contributed by atoms with van der Waals surface area (Å²) < 4.78 is 38.2. The minimum atomic E-state index is -4.43. The highest BCUT2D eigenvalue weighted by Gasteiger charge is 2.30. The molecule has 0 aliphatic carbocycles. The first-order valence-corrected chi connectivity index (χ1v) is 9.00. The van der Waals surface area contributed by atoms with Gasteiger partial charge >= 0.3 is 6.18 Å². The lowest BCUT2D eigenvalue weighted by Gasteiger charge is -2.33. The van der Waals surface area contributed by atoms with Crippen LogP contribution >= 0.6 is 11.6 Å². The number of rotatable bonds is 4. The first-order chi connectivity index (χ1) is 12.8. The number of hydrogen-bond donors (Lipinski definition) is 2. The van der Waals surface area contributed by atoms with E-state index in [4.69, 9.17) is 11.6 Å². The third kappa shape index (κ3) is 5.37. The van der Waals surface area contributed by atoms with Crippen molar-refractivity contribution in [3.63, 3.8) is 0 Å². The molecule has 0 bridgehead atoms. The molecule has 2 aromatic rings. The Balaban J connectivity index is 1.51. The number of carbonyl (C=O) groups excluding carboxylic acids is 1. The second-order valence-electron chi connectivity index (χ2n) is 6.52. The molecule has 8 heteroatoms. The summed E-state index contributed by atoms with van der Waals surface area (Å²) in [6.07, 6.45) is -4.43. The standard InChI is InChI=1S/C19H19ClF3N3O/c20-15-4-2-6-17(12-15)26-9-7-25(8-10-26)13-18(27)24-16-5-1-3-14(11-16)19(21,22)23/h1-6,11-12H,7-10,13H2,(H,24,27)/p+1. The number of halogens is 4. The van der Waals surface area contributed by atoms with Gasteiger partial charge < -0.3 is 15.1 Å². The van der Waals surface area contributed by atoms with Gasteiger partial charge in [0.25, 0.3) is 5.91 Å². The fourth-order valence-corrected chi connectivity index (χ4v) is 3.32. The maximum atomic E-state index is 12.7. The van der Waals surface area contributed by atoms with Gasteiger partial charge in [-0.05, 0) is 36.4 Å². The SMILES string of the molecule is O=C(C[NH+]1CCN(c2cccc(Cl)c2)CC1)Nc1cccc(C(F)(F)F)c1. The summed E-state index contributed by atoms with van der Waals surface area (Å²) in [6, 6.07) is 12.3. The zero-order valence-corrected chi connectivity index (χ0v) is 15.3. The third-order valence-corrected chi connectivity index (χ3v) is 4.76. The van der Waals surface area contributed by atoms with Crippen molar-refractivity contribution in [1.82, 2.24) is 0 Å². The molecule has 1 aliphatic heterocycles. The van der Waals surface area contributed by atoms with E-state index in [1.807, 2.05) is 24.3 Å². The van der Waals surface area contributed by atoms with Crippen molar-refractivity contribution in [3.8, 4) is 0 Å². The summed E-state index contributed by atoms with van der Waals surface area (Å²) >= 11 is 6.02. The molecule has 2 aromatic carbocycles. The molecule has 0 saturated carbocycles. The fourth-order valence-electron chi connectivity index (χ4n) is 3.14. The smallest absolute Gasteiger partial charge is 0.360 e. The third-order valence-electron chi connectivity index (χ3n) is 4.53. The van der Waals surface area contributed by atoms with Gasteiger partial charge in [0, 0.05) is 16.4 Å². The second kappa shape index (κ2) is 8.19. The molecule has 2 N–H and O–H groups in total. The van der Waals surface area contributed by atoms with Gasteiger partial charge in [0.2, 0.25) is 0 Å².